The van der Waals surface area contributed by atoms with Crippen LogP contribution in [0.15, 0.2) is 112 Å². The Bertz CT molecular complexity index is 3550. The van der Waals surface area contributed by atoms with Crippen molar-refractivity contribution < 1.29 is 61.9 Å². The molecule has 7 heterocycles. The average Bonchev–Trinajstić information content (AvgIpc) is 3.40. The van der Waals surface area contributed by atoms with Gasteiger partial charge in [-0.15, -0.1) is 0 Å². The second-order valence-corrected chi connectivity index (χ2v) is 16.5. The van der Waals surface area contributed by atoms with Crippen LogP contribution in [0.1, 0.15) is 55.5 Å². The molecule has 4 aromatic heterocycles. The molecule has 0 saturated carbocycles. The van der Waals surface area contributed by atoms with Gasteiger partial charge in [-0.25, -0.2) is 18.4 Å². The largest absolute Gasteiger partial charge is 0.505 e. The third-order valence-electron chi connectivity index (χ3n) is 11.8. The van der Waals surface area contributed by atoms with Crippen molar-refractivity contribution in [3.05, 3.63) is 174 Å². The molecule has 7 aromatic rings. The number of amides is 2. The molecule has 19 nitrogen and oxygen atoms in total. The summed E-state index contributed by atoms with van der Waals surface area (Å²) in [5.74, 6) is -5.50. The molecule has 0 radical (unpaired) electrons. The molecule has 3 N–H and O–H groups in total. The summed E-state index contributed by atoms with van der Waals surface area (Å²) >= 11 is 0. The molecule has 2 amide bonds. The van der Waals surface area contributed by atoms with Gasteiger partial charge in [-0.05, 0) is 47.9 Å². The van der Waals surface area contributed by atoms with E-state index in [1.54, 1.807) is 36.1 Å². The first-order valence-corrected chi connectivity index (χ1v) is 22.6. The summed E-state index contributed by atoms with van der Waals surface area (Å²) in [6.45, 7) is 3.09. The summed E-state index contributed by atoms with van der Waals surface area (Å²) in [5.41, 5.74) is 0.931. The zero-order valence-corrected chi connectivity index (χ0v) is 38.8. The standard InChI is InChI=1S/C28H21FN2O7.C24H21FN4O6/c1-2-36-28(35)21-25(37-15-17-6-4-3-5-7-17)22-23-24(38-20(27(33)34)14-31(23)26(21)32)18(13-30-22)12-16-8-10-19(29)11-9-16;1-26-22(31)17-20(30)18-19-21(14(11-27-18)10-13-2-4-15(25)5-3-13)35-16(12-29(19)24(17)33)23(32)28-6-8-34-9-7-28/h3-11,13-14H,2,12,15H2,1H3,(H,33,34);2-5,11-12,30H,6-10H2,1H3,(H,26,31). The molecule has 73 heavy (non-hydrogen) atoms. The van der Waals surface area contributed by atoms with Crippen LogP contribution in [0.3, 0.4) is 0 Å². The lowest BCUT2D eigenvalue weighted by molar-refractivity contribution is -0.135. The predicted octanol–water partition coefficient (Wildman–Crippen LogP) is 5.40. The molecule has 0 bridgehead atoms. The third kappa shape index (κ3) is 9.67. The van der Waals surface area contributed by atoms with E-state index in [-0.39, 0.29) is 76.9 Å². The number of aromatic nitrogens is 4. The Morgan fingerprint density at radius 3 is 1.82 bits per heavy atom. The van der Waals surface area contributed by atoms with Gasteiger partial charge in [0.1, 0.15) is 45.9 Å². The van der Waals surface area contributed by atoms with Gasteiger partial charge in [-0.2, -0.15) is 0 Å². The number of aromatic hydroxyl groups is 1. The number of hydrogen-bond acceptors (Lipinski definition) is 14. The van der Waals surface area contributed by atoms with Crippen molar-refractivity contribution in [2.75, 3.05) is 40.0 Å². The smallest absolute Gasteiger partial charge is 0.373 e. The van der Waals surface area contributed by atoms with E-state index in [4.69, 9.17) is 23.7 Å². The number of rotatable bonds is 12. The number of benzene rings is 3. The zero-order valence-electron chi connectivity index (χ0n) is 38.8. The predicted molar refractivity (Wildman–Crippen MR) is 257 cm³/mol. The fraction of sp³-hybridized carbons (Fsp3) is 0.192. The Kier molecular flexibility index (Phi) is 13.8. The van der Waals surface area contributed by atoms with E-state index >= 15 is 0 Å². The lowest BCUT2D eigenvalue weighted by atomic mass is 10.0. The van der Waals surface area contributed by atoms with Gasteiger partial charge < -0.3 is 44.1 Å². The maximum Gasteiger partial charge on any atom is 0.373 e. The molecule has 1 saturated heterocycles. The Labute approximate surface area is 411 Å². The number of carboxylic acid groups (broad SMARTS) is 1. The number of hydrogen-bond donors (Lipinski definition) is 3. The first-order valence-electron chi connectivity index (χ1n) is 22.6. The maximum atomic E-state index is 13.6. The van der Waals surface area contributed by atoms with Crippen LogP contribution >= 0.6 is 0 Å². The van der Waals surface area contributed by atoms with Gasteiger partial charge in [0.25, 0.3) is 22.9 Å². The van der Waals surface area contributed by atoms with Crippen LogP contribution in [-0.2, 0) is 38.5 Å². The number of ether oxygens (including phenoxy) is 5. The highest BCUT2D eigenvalue weighted by Gasteiger charge is 2.34. The number of carbonyl (C=O) groups excluding carboxylic acids is 3. The summed E-state index contributed by atoms with van der Waals surface area (Å²) in [6, 6.07) is 20.7. The second kappa shape index (κ2) is 20.6. The van der Waals surface area contributed by atoms with Crippen molar-refractivity contribution in [2.45, 2.75) is 26.4 Å². The van der Waals surface area contributed by atoms with Gasteiger partial charge in [0.15, 0.2) is 28.6 Å². The number of pyridine rings is 4. The second-order valence-electron chi connectivity index (χ2n) is 16.5. The molecular formula is C52H42F2N6O13. The van der Waals surface area contributed by atoms with Crippen LogP contribution in [0.25, 0.3) is 34.5 Å². The summed E-state index contributed by atoms with van der Waals surface area (Å²) in [5, 5.41) is 22.7. The minimum Gasteiger partial charge on any atom is -0.505 e. The molecule has 372 valence electrons. The Morgan fingerprint density at radius 1 is 0.726 bits per heavy atom. The van der Waals surface area contributed by atoms with Crippen molar-refractivity contribution in [3.8, 4) is 23.0 Å². The first kappa shape index (κ1) is 48.8. The van der Waals surface area contributed by atoms with Gasteiger partial charge in [0.2, 0.25) is 11.5 Å². The minimum absolute atomic E-state index is 0.00302. The maximum absolute atomic E-state index is 13.6. The fourth-order valence-electron chi connectivity index (χ4n) is 8.29. The number of nitrogens with zero attached hydrogens (tertiary/aromatic N) is 5. The van der Waals surface area contributed by atoms with E-state index in [2.05, 4.69) is 15.3 Å². The van der Waals surface area contributed by atoms with Crippen molar-refractivity contribution in [1.82, 2.24) is 29.3 Å². The van der Waals surface area contributed by atoms with Crippen LogP contribution in [-0.4, -0.2) is 97.9 Å². The summed E-state index contributed by atoms with van der Waals surface area (Å²) in [7, 11) is 1.33. The van der Waals surface area contributed by atoms with Gasteiger partial charge in [-0.1, -0.05) is 54.6 Å². The zero-order chi connectivity index (χ0) is 51.5. The van der Waals surface area contributed by atoms with Gasteiger partial charge >= 0.3 is 11.9 Å². The van der Waals surface area contributed by atoms with Crippen LogP contribution in [0.2, 0.25) is 0 Å². The molecule has 3 aromatic carbocycles. The van der Waals surface area contributed by atoms with Crippen LogP contribution in [0.4, 0.5) is 8.78 Å². The van der Waals surface area contributed by atoms with E-state index < -0.39 is 63.3 Å². The Balaban J connectivity index is 0.000000180. The van der Waals surface area contributed by atoms with Gasteiger partial charge in [-0.3, -0.25) is 38.3 Å². The SMILES string of the molecule is CCOC(=O)c1c(OCc2ccccc2)c2ncc(Cc3ccc(F)cc3)c3c2n(c1=O)C=C(C(=O)O)O3.CNC(=O)c1c(O)c2ncc(Cc3ccc(F)cc3)c3c2n(c1=O)C=C(C(=O)N1CCOCC1)O3. The number of morpholine rings is 1. The molecule has 21 heteroatoms. The van der Waals surface area contributed by atoms with E-state index in [0.29, 0.717) is 43.0 Å². The lowest BCUT2D eigenvalue weighted by Gasteiger charge is -2.29. The van der Waals surface area contributed by atoms with E-state index in [1.165, 1.54) is 49.9 Å². The van der Waals surface area contributed by atoms with Crippen molar-refractivity contribution in [1.29, 1.82) is 0 Å². The topological polar surface area (TPSA) is 240 Å². The highest BCUT2D eigenvalue weighted by Crippen LogP contribution is 2.40. The number of halogens is 2. The van der Waals surface area contributed by atoms with Crippen molar-refractivity contribution in [2.24, 2.45) is 0 Å². The van der Waals surface area contributed by atoms with Crippen LogP contribution in [0.5, 0.6) is 23.0 Å². The average molecular weight is 997 g/mol. The van der Waals surface area contributed by atoms with E-state index in [1.807, 2.05) is 30.3 Å². The number of aliphatic carboxylic acids is 1. The van der Waals surface area contributed by atoms with E-state index in [0.717, 1.165) is 26.5 Å². The number of nitrogens with one attached hydrogen (secondary N) is 1. The normalized spacial score (nSPS) is 13.4. The monoisotopic (exact) mass is 996 g/mol. The van der Waals surface area contributed by atoms with Gasteiger partial charge in [0, 0.05) is 56.5 Å². The lowest BCUT2D eigenvalue weighted by Crippen LogP contribution is -2.43. The van der Waals surface area contributed by atoms with Crippen LogP contribution in [0, 0.1) is 11.6 Å². The van der Waals surface area contributed by atoms with Crippen LogP contribution < -0.4 is 30.6 Å². The fourth-order valence-corrected chi connectivity index (χ4v) is 8.29. The minimum atomic E-state index is -1.41. The highest BCUT2D eigenvalue weighted by molar-refractivity contribution is 6.05. The first-order chi connectivity index (χ1) is 35.3. The van der Waals surface area contributed by atoms with Crippen molar-refractivity contribution >= 4 is 58.2 Å². The number of carbonyl (C=O) groups is 4. The van der Waals surface area contributed by atoms with Gasteiger partial charge in [0.05, 0.1) is 32.2 Å². The summed E-state index contributed by atoms with van der Waals surface area (Å²) in [6.07, 6.45) is 5.55. The number of esters is 1. The molecule has 3 aliphatic rings. The molecule has 0 spiro atoms. The molecule has 10 rings (SSSR count). The molecule has 1 fully saturated rings. The Hall–Kier alpha value is -9.24. The quantitative estimate of drug-likeness (QED) is 0.130. The molecule has 3 aliphatic heterocycles. The number of carboxylic acids is 1. The van der Waals surface area contributed by atoms with E-state index in [9.17, 15) is 47.8 Å². The molecule has 0 atom stereocenters. The molecule has 0 aliphatic carbocycles. The van der Waals surface area contributed by atoms with Crippen molar-refractivity contribution in [3.63, 3.8) is 0 Å². The molecular weight excluding hydrogens is 955 g/mol. The summed E-state index contributed by atoms with van der Waals surface area (Å²) < 4.78 is 57.1. The molecule has 0 unspecified atom stereocenters. The Morgan fingerprint density at radius 2 is 1.26 bits per heavy atom. The third-order valence-corrected chi connectivity index (χ3v) is 11.8. The summed E-state index contributed by atoms with van der Waals surface area (Å²) in [4.78, 5) is 87.7. The highest BCUT2D eigenvalue weighted by atomic mass is 19.1.